The smallest absolute Gasteiger partial charge is 0.255 e. The molecule has 6 N–H and O–H groups in total. The number of hydrogen-bond acceptors (Lipinski definition) is 14. The van der Waals surface area contributed by atoms with Crippen molar-refractivity contribution in [3.8, 4) is 11.5 Å². The lowest BCUT2D eigenvalue weighted by atomic mass is 9.88. The molecule has 6 amide bonds. The predicted octanol–water partition coefficient (Wildman–Crippen LogP) is 22.9. The molecule has 6 heterocycles. The van der Waals surface area contributed by atoms with Crippen LogP contribution in [-0.2, 0) is 0 Å². The number of hydrogen-bond donors (Lipinski definition) is 6. The van der Waals surface area contributed by atoms with Crippen molar-refractivity contribution in [2.45, 2.75) is 114 Å². The third-order valence-corrected chi connectivity index (χ3v) is 28.7. The van der Waals surface area contributed by atoms with Gasteiger partial charge in [0.25, 0.3) is 35.4 Å². The number of likely N-dealkylation sites (tertiary alicyclic amines) is 6. The molecule has 18 rings (SSSR count). The number of carbonyl (C=O) groups excluding carboxylic acids is 6. The average molecular weight is 2000 g/mol. The molecule has 0 saturated carbocycles. The van der Waals surface area contributed by atoms with E-state index in [4.69, 9.17) is 67.5 Å². The van der Waals surface area contributed by atoms with Crippen LogP contribution >= 0.6 is 58.0 Å². The Morgan fingerprint density at radius 2 is 0.546 bits per heavy atom. The van der Waals surface area contributed by atoms with E-state index in [1.807, 2.05) is 302 Å². The summed E-state index contributed by atoms with van der Waals surface area (Å²) in [6.45, 7) is 7.75. The van der Waals surface area contributed by atoms with Gasteiger partial charge in [-0.1, -0.05) is 258 Å². The largest absolute Gasteiger partial charge is 0.497 e. The quantitative estimate of drug-likeness (QED) is 0.0415. The van der Waals surface area contributed by atoms with Crippen LogP contribution in [0.5, 0.6) is 11.5 Å². The molecule has 0 aliphatic carbocycles. The van der Waals surface area contributed by atoms with Crippen molar-refractivity contribution in [3.05, 3.63) is 413 Å². The second kappa shape index (κ2) is 53.9. The maximum atomic E-state index is 12.7. The molecular weight excluding hydrogens is 1880 g/mol. The van der Waals surface area contributed by atoms with Crippen LogP contribution in [0.4, 0.5) is 0 Å². The van der Waals surface area contributed by atoms with Crippen molar-refractivity contribution in [1.82, 2.24) is 29.4 Å². The highest BCUT2D eigenvalue weighted by Crippen LogP contribution is 2.41. The van der Waals surface area contributed by atoms with Gasteiger partial charge in [0.2, 0.25) is 0 Å². The van der Waals surface area contributed by atoms with E-state index in [1.165, 1.54) is 0 Å². The van der Waals surface area contributed by atoms with Gasteiger partial charge in [-0.15, -0.1) is 0 Å². The molecule has 6 saturated heterocycles. The summed E-state index contributed by atoms with van der Waals surface area (Å²) in [5, 5.41) is 66.7. The average Bonchev–Trinajstić information content (AvgIpc) is 0.830. The van der Waals surface area contributed by atoms with Gasteiger partial charge in [-0.25, -0.2) is 0 Å². The zero-order valence-corrected chi connectivity index (χ0v) is 83.3. The second-order valence-corrected chi connectivity index (χ2v) is 38.6. The fourth-order valence-corrected chi connectivity index (χ4v) is 20.4. The van der Waals surface area contributed by atoms with Gasteiger partial charge in [0, 0.05) is 157 Å². The van der Waals surface area contributed by atoms with Gasteiger partial charge in [0.05, 0.1) is 71.5 Å². The fraction of sp³-hybridized carbons (Fsp3) is 0.328. The van der Waals surface area contributed by atoms with E-state index in [2.05, 4.69) is 0 Å². The number of benzene rings is 12. The molecule has 738 valence electrons. The summed E-state index contributed by atoms with van der Waals surface area (Å²) in [7, 11) is 3.23. The summed E-state index contributed by atoms with van der Waals surface area (Å²) >= 11 is 30.3. The van der Waals surface area contributed by atoms with Crippen molar-refractivity contribution in [2.24, 2.45) is 35.5 Å². The van der Waals surface area contributed by atoms with Crippen LogP contribution in [0.25, 0.3) is 0 Å². The maximum absolute atomic E-state index is 12.7. The van der Waals surface area contributed by atoms with Gasteiger partial charge in [0.15, 0.2) is 0 Å². The molecule has 20 nitrogen and oxygen atoms in total. The highest BCUT2D eigenvalue weighted by molar-refractivity contribution is 6.42. The second-order valence-electron chi connectivity index (χ2n) is 36.6. The van der Waals surface area contributed by atoms with E-state index in [-0.39, 0.29) is 71.0 Å². The molecule has 6 fully saturated rings. The molecule has 0 bridgehead atoms. The summed E-state index contributed by atoms with van der Waals surface area (Å²) in [6, 6.07) is 98.2. The van der Waals surface area contributed by atoms with Crippen molar-refractivity contribution in [3.63, 3.8) is 0 Å². The van der Waals surface area contributed by atoms with Crippen LogP contribution in [0.15, 0.2) is 322 Å². The fourth-order valence-electron chi connectivity index (χ4n) is 19.4. The van der Waals surface area contributed by atoms with Crippen LogP contribution < -0.4 is 9.47 Å². The van der Waals surface area contributed by atoms with E-state index in [0.717, 1.165) is 149 Å². The van der Waals surface area contributed by atoms with Crippen LogP contribution in [0.2, 0.25) is 25.1 Å². The summed E-state index contributed by atoms with van der Waals surface area (Å²) in [6.07, 6.45) is 7.12. The third-order valence-electron chi connectivity index (χ3n) is 27.1. The van der Waals surface area contributed by atoms with Crippen molar-refractivity contribution in [2.75, 3.05) is 92.8 Å². The van der Waals surface area contributed by atoms with Gasteiger partial charge in [0.1, 0.15) is 11.5 Å². The number of rotatable bonds is 20. The first-order chi connectivity index (χ1) is 68.4. The van der Waals surface area contributed by atoms with E-state index in [0.29, 0.717) is 110 Å². The number of nitrogens with zero attached hydrogens (tertiary/aromatic N) is 6. The molecule has 141 heavy (non-hydrogen) atoms. The lowest BCUT2D eigenvalue weighted by Gasteiger charge is -2.35. The van der Waals surface area contributed by atoms with E-state index >= 15 is 0 Å². The summed E-state index contributed by atoms with van der Waals surface area (Å²) in [4.78, 5) is 86.8. The van der Waals surface area contributed by atoms with Gasteiger partial charge >= 0.3 is 0 Å². The molecule has 6 aliphatic rings. The predicted molar refractivity (Wildman–Crippen MR) is 557 cm³/mol. The first-order valence-electron chi connectivity index (χ1n) is 48.5. The number of methoxy groups -OCH3 is 2. The van der Waals surface area contributed by atoms with Gasteiger partial charge in [-0.05, 0) is 226 Å². The van der Waals surface area contributed by atoms with Crippen molar-refractivity contribution >= 4 is 93.4 Å². The number of aliphatic hydroxyl groups excluding tert-OH is 6. The molecule has 12 atom stereocenters. The molecule has 25 heteroatoms. The maximum Gasteiger partial charge on any atom is 0.255 e. The summed E-state index contributed by atoms with van der Waals surface area (Å²) in [5.74, 6) is 1.67. The topological polar surface area (TPSA) is 262 Å². The Kier molecular flexibility index (Phi) is 40.8. The van der Waals surface area contributed by atoms with Crippen LogP contribution in [0.1, 0.15) is 209 Å². The van der Waals surface area contributed by atoms with Gasteiger partial charge in [-0.2, -0.15) is 0 Å². The highest BCUT2D eigenvalue weighted by atomic mass is 35.5. The number of carbonyl (C=O) groups is 6. The Balaban J connectivity index is 0.000000142. The zero-order chi connectivity index (χ0) is 99.7. The molecule has 0 radical (unpaired) electrons. The number of ether oxygens (including phenoxy) is 2. The first kappa shape index (κ1) is 107. The van der Waals surface area contributed by atoms with E-state index < -0.39 is 36.6 Å². The Bertz CT molecular complexity index is 5990. The number of halogens is 5. The molecule has 12 aromatic rings. The molecule has 12 unspecified atom stereocenters. The Hall–Kier alpha value is -11.7. The highest BCUT2D eigenvalue weighted by Gasteiger charge is 2.38. The van der Waals surface area contributed by atoms with Crippen LogP contribution in [-0.4, -0.2) is 188 Å². The normalized spacial score (nSPS) is 19.2. The lowest BCUT2D eigenvalue weighted by molar-refractivity contribution is 0.0387. The minimum absolute atomic E-state index is 0.0105. The van der Waals surface area contributed by atoms with Crippen LogP contribution in [0.3, 0.4) is 0 Å². The number of amides is 6. The van der Waals surface area contributed by atoms with Gasteiger partial charge < -0.3 is 69.5 Å². The van der Waals surface area contributed by atoms with Gasteiger partial charge in [-0.3, -0.25) is 28.8 Å². The molecule has 12 aromatic carbocycles. The minimum Gasteiger partial charge on any atom is -0.497 e. The van der Waals surface area contributed by atoms with Crippen molar-refractivity contribution in [1.29, 1.82) is 0 Å². The molecular formula is C116H125Cl5N6O14. The zero-order valence-electron chi connectivity index (χ0n) is 79.5. The Labute approximate surface area is 852 Å². The number of aliphatic hydroxyl groups is 6. The first-order valence-corrected chi connectivity index (χ1v) is 50.4. The third kappa shape index (κ3) is 29.7. The Morgan fingerprint density at radius 1 is 0.255 bits per heavy atom. The summed E-state index contributed by atoms with van der Waals surface area (Å²) in [5.41, 5.74) is 8.85. The number of piperidine rings is 6. The molecule has 0 aromatic heterocycles. The Morgan fingerprint density at radius 3 is 0.901 bits per heavy atom. The van der Waals surface area contributed by atoms with E-state index in [9.17, 15) is 59.4 Å². The molecule has 0 spiro atoms. The number of para-hydroxylation sites is 1. The molecule has 6 aliphatic heterocycles. The minimum atomic E-state index is -0.661. The van der Waals surface area contributed by atoms with Crippen molar-refractivity contribution < 1.29 is 68.9 Å². The lowest BCUT2D eigenvalue weighted by Crippen LogP contribution is -2.41. The SMILES string of the molecule is COc1cccc(C(O)C2CCCN(C(=O)c3ccccc3)C2)c1.COc1ccccc1C(O)C1CCCN(C(=O)c2ccccc2)C1.O=C(c1ccccc1)N1CCCC(C(O)c2ccc(Cl)c(Cl)c2)C1.O=C(c1ccccc1)N1CCCC(C(O)c2cccc(Cl)c2)C1.O=C(c1ccccc1)N1CCCC(C(O)c2ccccc2Cl)C1.O=C(c1ccccc1Cl)N1CCCC(C(O)c2ccccc2)C1. The van der Waals surface area contributed by atoms with Crippen LogP contribution in [0, 0.1) is 35.5 Å². The standard InChI is InChI=1S/2C20H23NO3.C19H19Cl2NO2.3C19H20ClNO2/c1-24-18-11-5-9-16(13-18)19(22)17-10-6-12-21(14-17)20(23)15-7-3-2-4-8-15;1-24-18-12-6-5-11-17(18)19(22)16-10-7-13-21(14-16)20(23)15-8-3-2-4-9-15;20-16-9-8-14(11-17(16)21)18(23)15-7-4-10-22(12-15)19(24)13-5-2-1-3-6-13;20-17-10-4-8-15(12-17)18(22)16-9-5-11-21(13-16)19(23)14-6-2-1-3-7-14;20-17-11-5-4-10-16(17)18(22)15-9-6-12-21(13-15)19(23)14-7-2-1-3-8-14;20-17-11-5-4-10-16(17)19(23)21-12-6-9-15(13-21)18(22)14-7-2-1-3-8-14/h2-5,7-9,11,13,17,19,22H,6,10,12,14H2,1H3;2-6,8-9,11-12,16,19,22H,7,10,13-14H2,1H3;1-3,5-6,8-9,11,15,18,23H,4,7,10,12H2;1-4,6-8,10,12,16,18,22H,5,9,11,13H2;2*1-5,7-8,10-11,15,18,22H,6,9,12-13H2. The monoisotopic (exact) mass is 2000 g/mol. The summed E-state index contributed by atoms with van der Waals surface area (Å²) < 4.78 is 10.6. The van der Waals surface area contributed by atoms with E-state index in [1.54, 1.807) is 62.8 Å².